The monoisotopic (exact) mass is 408 g/mol. The van der Waals surface area contributed by atoms with Crippen molar-refractivity contribution in [1.29, 1.82) is 0 Å². The maximum absolute atomic E-state index is 12.3. The minimum absolute atomic E-state index is 0.203. The average Bonchev–Trinajstić information content (AvgIpc) is 2.71. The molecule has 1 N–H and O–H groups in total. The summed E-state index contributed by atoms with van der Waals surface area (Å²) in [5.74, 6) is 6.76. The van der Waals surface area contributed by atoms with Crippen molar-refractivity contribution in [2.24, 2.45) is 0 Å². The third kappa shape index (κ3) is 5.87. The van der Waals surface area contributed by atoms with Crippen molar-refractivity contribution < 1.29 is 14.3 Å². The summed E-state index contributed by atoms with van der Waals surface area (Å²) in [5, 5.41) is 4.41. The van der Waals surface area contributed by atoms with Gasteiger partial charge in [0.15, 0.2) is 5.60 Å². The first-order chi connectivity index (χ1) is 13.9. The van der Waals surface area contributed by atoms with E-state index in [-0.39, 0.29) is 19.1 Å². The van der Waals surface area contributed by atoms with Gasteiger partial charge >= 0.3 is 0 Å². The Morgan fingerprint density at radius 2 is 1.86 bits per heavy atom. The Balaban J connectivity index is 1.44. The highest BCUT2D eigenvalue weighted by atomic mass is 35.5. The molecule has 3 aromatic rings. The Hall–Kier alpha value is -3.23. The van der Waals surface area contributed by atoms with Crippen LogP contribution in [0.1, 0.15) is 13.8 Å². The highest BCUT2D eigenvalue weighted by Crippen LogP contribution is 2.21. The Morgan fingerprint density at radius 1 is 1.10 bits per heavy atom. The number of hydrogen-bond donors (Lipinski definition) is 1. The molecule has 1 aromatic heterocycles. The fourth-order valence-corrected chi connectivity index (χ4v) is 2.68. The first-order valence-corrected chi connectivity index (χ1v) is 9.48. The SMILES string of the molecule is CC(C)(Oc1ccc(Cl)cc1)C(=O)NCC#CCOc1ccc2cccnc2c1. The average molecular weight is 409 g/mol. The second-order valence-corrected chi connectivity index (χ2v) is 7.19. The summed E-state index contributed by atoms with van der Waals surface area (Å²) in [4.78, 5) is 16.6. The predicted octanol–water partition coefficient (Wildman–Crippen LogP) is 4.24. The van der Waals surface area contributed by atoms with Gasteiger partial charge in [0.1, 0.15) is 18.1 Å². The molecule has 0 saturated heterocycles. The van der Waals surface area contributed by atoms with Crippen LogP contribution in [0.15, 0.2) is 60.8 Å². The van der Waals surface area contributed by atoms with E-state index in [4.69, 9.17) is 21.1 Å². The minimum Gasteiger partial charge on any atom is -0.481 e. The van der Waals surface area contributed by atoms with Crippen molar-refractivity contribution in [2.75, 3.05) is 13.2 Å². The van der Waals surface area contributed by atoms with Crippen LogP contribution in [0.3, 0.4) is 0 Å². The summed E-state index contributed by atoms with van der Waals surface area (Å²) in [6.07, 6.45) is 1.74. The van der Waals surface area contributed by atoms with Crippen LogP contribution in [0, 0.1) is 11.8 Å². The molecule has 5 nitrogen and oxygen atoms in total. The van der Waals surface area contributed by atoms with Crippen LogP contribution in [0.25, 0.3) is 10.9 Å². The van der Waals surface area contributed by atoms with Gasteiger partial charge in [-0.05, 0) is 56.3 Å². The fraction of sp³-hybridized carbons (Fsp3) is 0.217. The minimum atomic E-state index is -1.04. The van der Waals surface area contributed by atoms with Gasteiger partial charge in [-0.25, -0.2) is 0 Å². The molecule has 6 heteroatoms. The van der Waals surface area contributed by atoms with E-state index in [9.17, 15) is 4.79 Å². The topological polar surface area (TPSA) is 60.5 Å². The van der Waals surface area contributed by atoms with Gasteiger partial charge in [0.2, 0.25) is 0 Å². The van der Waals surface area contributed by atoms with Gasteiger partial charge in [-0.15, -0.1) is 0 Å². The molecular formula is C23H21ClN2O3. The van der Waals surface area contributed by atoms with E-state index in [1.807, 2.05) is 30.3 Å². The summed E-state index contributed by atoms with van der Waals surface area (Å²) in [6, 6.07) is 16.4. The number of rotatable bonds is 6. The first-order valence-electron chi connectivity index (χ1n) is 9.10. The van der Waals surface area contributed by atoms with Crippen molar-refractivity contribution in [1.82, 2.24) is 10.3 Å². The highest BCUT2D eigenvalue weighted by Gasteiger charge is 2.29. The van der Waals surface area contributed by atoms with Crippen molar-refractivity contribution >= 4 is 28.4 Å². The maximum atomic E-state index is 12.3. The smallest absolute Gasteiger partial charge is 0.264 e. The van der Waals surface area contributed by atoms with E-state index in [1.54, 1.807) is 44.3 Å². The van der Waals surface area contributed by atoms with Crippen molar-refractivity contribution in [3.63, 3.8) is 0 Å². The van der Waals surface area contributed by atoms with Gasteiger partial charge < -0.3 is 14.8 Å². The van der Waals surface area contributed by atoms with E-state index in [0.29, 0.717) is 16.5 Å². The number of carbonyl (C=O) groups excluding carboxylic acids is 1. The number of nitrogens with zero attached hydrogens (tertiary/aromatic N) is 1. The van der Waals surface area contributed by atoms with Crippen LogP contribution in [0.5, 0.6) is 11.5 Å². The first kappa shape index (κ1) is 20.5. The van der Waals surface area contributed by atoms with Crippen LogP contribution in [-0.2, 0) is 4.79 Å². The van der Waals surface area contributed by atoms with E-state index >= 15 is 0 Å². The molecule has 0 atom stereocenters. The van der Waals surface area contributed by atoms with Gasteiger partial charge in [0, 0.05) is 22.7 Å². The fourth-order valence-electron chi connectivity index (χ4n) is 2.55. The third-order valence-electron chi connectivity index (χ3n) is 4.08. The zero-order valence-electron chi connectivity index (χ0n) is 16.2. The molecule has 3 rings (SSSR count). The molecule has 0 unspecified atom stereocenters. The molecule has 29 heavy (non-hydrogen) atoms. The summed E-state index contributed by atoms with van der Waals surface area (Å²) in [6.45, 7) is 3.82. The van der Waals surface area contributed by atoms with Crippen LogP contribution in [0.2, 0.25) is 5.02 Å². The number of carbonyl (C=O) groups is 1. The lowest BCUT2D eigenvalue weighted by Gasteiger charge is -2.24. The molecular weight excluding hydrogens is 388 g/mol. The molecule has 1 amide bonds. The maximum Gasteiger partial charge on any atom is 0.264 e. The van der Waals surface area contributed by atoms with Gasteiger partial charge in [-0.2, -0.15) is 0 Å². The second kappa shape index (κ2) is 9.31. The lowest BCUT2D eigenvalue weighted by molar-refractivity contribution is -0.133. The van der Waals surface area contributed by atoms with Gasteiger partial charge in [0.25, 0.3) is 5.91 Å². The molecule has 0 fully saturated rings. The number of aromatic nitrogens is 1. The van der Waals surface area contributed by atoms with Gasteiger partial charge in [0.05, 0.1) is 12.1 Å². The second-order valence-electron chi connectivity index (χ2n) is 6.75. The van der Waals surface area contributed by atoms with Crippen molar-refractivity contribution in [3.8, 4) is 23.3 Å². The van der Waals surface area contributed by atoms with Crippen molar-refractivity contribution in [3.05, 3.63) is 65.8 Å². The number of halogens is 1. The number of pyridine rings is 1. The van der Waals surface area contributed by atoms with Crippen LogP contribution in [-0.4, -0.2) is 29.6 Å². The summed E-state index contributed by atoms with van der Waals surface area (Å²) >= 11 is 5.86. The molecule has 0 radical (unpaired) electrons. The summed E-state index contributed by atoms with van der Waals surface area (Å²) < 4.78 is 11.4. The van der Waals surface area contributed by atoms with E-state index in [2.05, 4.69) is 22.1 Å². The molecule has 0 saturated carbocycles. The summed E-state index contributed by atoms with van der Waals surface area (Å²) in [7, 11) is 0. The lowest BCUT2D eigenvalue weighted by Crippen LogP contribution is -2.46. The Morgan fingerprint density at radius 3 is 2.66 bits per heavy atom. The standard InChI is InChI=1S/C23H21ClN2O3/c1-23(2,29-19-11-8-18(24)9-12-19)22(27)26-13-3-4-15-28-20-10-7-17-6-5-14-25-21(17)16-20/h5-12,14,16H,13,15H2,1-2H3,(H,26,27). The predicted molar refractivity (Wildman–Crippen MR) is 114 cm³/mol. The van der Waals surface area contributed by atoms with Crippen molar-refractivity contribution in [2.45, 2.75) is 19.4 Å². The number of amides is 1. The van der Waals surface area contributed by atoms with Crippen LogP contribution < -0.4 is 14.8 Å². The van der Waals surface area contributed by atoms with Crippen LogP contribution >= 0.6 is 11.6 Å². The van der Waals surface area contributed by atoms with Gasteiger partial charge in [-0.3, -0.25) is 9.78 Å². The molecule has 0 bridgehead atoms. The van der Waals surface area contributed by atoms with E-state index in [0.717, 1.165) is 10.9 Å². The number of nitrogens with one attached hydrogen (secondary N) is 1. The van der Waals surface area contributed by atoms with Gasteiger partial charge in [-0.1, -0.05) is 29.5 Å². The number of ether oxygens (including phenoxy) is 2. The Bertz CT molecular complexity index is 1050. The normalized spacial score (nSPS) is 10.7. The van der Waals surface area contributed by atoms with Crippen LogP contribution in [0.4, 0.5) is 0 Å². The Kier molecular flexibility index (Phi) is 6.58. The quantitative estimate of drug-likeness (QED) is 0.619. The number of fused-ring (bicyclic) bond motifs is 1. The Labute approximate surface area is 175 Å². The zero-order chi connectivity index (χ0) is 20.7. The molecule has 148 valence electrons. The molecule has 0 aliphatic carbocycles. The number of benzene rings is 2. The molecule has 1 heterocycles. The molecule has 0 aliphatic rings. The van der Waals surface area contributed by atoms with E-state index in [1.165, 1.54) is 0 Å². The number of hydrogen-bond acceptors (Lipinski definition) is 4. The molecule has 0 aliphatic heterocycles. The molecule has 0 spiro atoms. The molecule has 2 aromatic carbocycles. The van der Waals surface area contributed by atoms with E-state index < -0.39 is 5.60 Å². The summed E-state index contributed by atoms with van der Waals surface area (Å²) in [5.41, 5.74) is -0.169. The zero-order valence-corrected chi connectivity index (χ0v) is 17.0. The lowest BCUT2D eigenvalue weighted by atomic mass is 10.1. The highest BCUT2D eigenvalue weighted by molar-refractivity contribution is 6.30. The largest absolute Gasteiger partial charge is 0.481 e. The third-order valence-corrected chi connectivity index (χ3v) is 4.34.